The molecule has 0 bridgehead atoms. The highest BCUT2D eigenvalue weighted by molar-refractivity contribution is 7.13. The fraction of sp³-hybridized carbons (Fsp3) is 0.667. The molecule has 0 aliphatic carbocycles. The van der Waals surface area contributed by atoms with Crippen LogP contribution < -0.4 is 5.32 Å². The standard InChI is InChI=1S/C12H19N3O2S/c1-9-8-18-12(13-9)14-11(17)6-15-4-2-3-10(5-15)7-16/h8,10,16H,2-7H2,1H3,(H,13,14,17). The van der Waals surface area contributed by atoms with Gasteiger partial charge < -0.3 is 10.4 Å². The maximum absolute atomic E-state index is 11.8. The molecule has 1 atom stereocenters. The molecule has 1 fully saturated rings. The van der Waals surface area contributed by atoms with Crippen LogP contribution in [0.3, 0.4) is 0 Å². The molecule has 1 unspecified atom stereocenters. The summed E-state index contributed by atoms with van der Waals surface area (Å²) in [5.41, 5.74) is 0.925. The number of piperidine rings is 1. The summed E-state index contributed by atoms with van der Waals surface area (Å²) >= 11 is 1.44. The summed E-state index contributed by atoms with van der Waals surface area (Å²) in [4.78, 5) is 18.1. The molecule has 0 radical (unpaired) electrons. The van der Waals surface area contributed by atoms with Crippen molar-refractivity contribution in [2.45, 2.75) is 19.8 Å². The van der Waals surface area contributed by atoms with Crippen LogP contribution in [0.2, 0.25) is 0 Å². The minimum Gasteiger partial charge on any atom is -0.396 e. The smallest absolute Gasteiger partial charge is 0.240 e. The van der Waals surface area contributed by atoms with Crippen LogP contribution in [-0.4, -0.2) is 47.1 Å². The van der Waals surface area contributed by atoms with E-state index >= 15 is 0 Å². The molecular weight excluding hydrogens is 250 g/mol. The average molecular weight is 269 g/mol. The van der Waals surface area contributed by atoms with E-state index in [0.717, 1.165) is 31.6 Å². The topological polar surface area (TPSA) is 65.5 Å². The van der Waals surface area contributed by atoms with E-state index in [1.54, 1.807) is 0 Å². The van der Waals surface area contributed by atoms with Crippen LogP contribution in [-0.2, 0) is 4.79 Å². The van der Waals surface area contributed by atoms with Crippen molar-refractivity contribution in [3.8, 4) is 0 Å². The first-order valence-electron chi connectivity index (χ1n) is 6.22. The third-order valence-electron chi connectivity index (χ3n) is 3.09. The first-order valence-corrected chi connectivity index (χ1v) is 7.10. The Morgan fingerprint density at radius 1 is 1.72 bits per heavy atom. The zero-order valence-corrected chi connectivity index (χ0v) is 11.4. The van der Waals surface area contributed by atoms with Gasteiger partial charge >= 0.3 is 0 Å². The predicted molar refractivity (Wildman–Crippen MR) is 71.7 cm³/mol. The van der Waals surface area contributed by atoms with Crippen LogP contribution in [0.25, 0.3) is 0 Å². The van der Waals surface area contributed by atoms with Crippen molar-refractivity contribution in [2.24, 2.45) is 5.92 Å². The fourth-order valence-electron chi connectivity index (χ4n) is 2.22. The van der Waals surface area contributed by atoms with Crippen molar-refractivity contribution in [1.29, 1.82) is 0 Å². The van der Waals surface area contributed by atoms with Crippen LogP contribution in [0, 0.1) is 12.8 Å². The van der Waals surface area contributed by atoms with Gasteiger partial charge in [0.2, 0.25) is 5.91 Å². The molecular formula is C12H19N3O2S. The summed E-state index contributed by atoms with van der Waals surface area (Å²) in [5, 5.41) is 14.5. The summed E-state index contributed by atoms with van der Waals surface area (Å²) in [6, 6.07) is 0. The lowest BCUT2D eigenvalue weighted by Gasteiger charge is -2.30. The van der Waals surface area contributed by atoms with E-state index in [1.165, 1.54) is 11.3 Å². The van der Waals surface area contributed by atoms with Gasteiger partial charge in [0.25, 0.3) is 0 Å². The Kier molecular flexibility index (Phi) is 4.68. The molecule has 2 N–H and O–H groups in total. The highest BCUT2D eigenvalue weighted by atomic mass is 32.1. The number of carbonyl (C=O) groups excluding carboxylic acids is 1. The number of aromatic nitrogens is 1. The Labute approximate surface area is 111 Å². The second-order valence-corrected chi connectivity index (χ2v) is 5.63. The molecule has 1 aliphatic rings. The highest BCUT2D eigenvalue weighted by Gasteiger charge is 2.21. The van der Waals surface area contributed by atoms with Gasteiger partial charge in [-0.05, 0) is 32.2 Å². The normalized spacial score (nSPS) is 20.9. The van der Waals surface area contributed by atoms with E-state index < -0.39 is 0 Å². The zero-order valence-electron chi connectivity index (χ0n) is 10.6. The molecule has 5 nitrogen and oxygen atoms in total. The number of hydrogen-bond donors (Lipinski definition) is 2. The van der Waals surface area contributed by atoms with Crippen molar-refractivity contribution >= 4 is 22.4 Å². The van der Waals surface area contributed by atoms with Gasteiger partial charge in [0.05, 0.1) is 12.2 Å². The number of carbonyl (C=O) groups is 1. The summed E-state index contributed by atoms with van der Waals surface area (Å²) in [5.74, 6) is 0.289. The Balaban J connectivity index is 1.80. The lowest BCUT2D eigenvalue weighted by atomic mass is 9.99. The van der Waals surface area contributed by atoms with E-state index in [9.17, 15) is 4.79 Å². The second-order valence-electron chi connectivity index (χ2n) is 4.77. The van der Waals surface area contributed by atoms with Gasteiger partial charge in [-0.2, -0.15) is 0 Å². The number of aryl methyl sites for hydroxylation is 1. The van der Waals surface area contributed by atoms with E-state index in [-0.39, 0.29) is 12.5 Å². The number of rotatable bonds is 4. The third kappa shape index (κ3) is 3.76. The largest absolute Gasteiger partial charge is 0.396 e. The predicted octanol–water partition coefficient (Wildman–Crippen LogP) is 1.09. The lowest BCUT2D eigenvalue weighted by Crippen LogP contribution is -2.41. The molecule has 1 aromatic rings. The van der Waals surface area contributed by atoms with Crippen LogP contribution in [0.4, 0.5) is 5.13 Å². The Bertz CT molecular complexity index is 408. The Morgan fingerprint density at radius 3 is 3.22 bits per heavy atom. The summed E-state index contributed by atoms with van der Waals surface area (Å²) < 4.78 is 0. The molecule has 0 aromatic carbocycles. The molecule has 0 saturated carbocycles. The number of anilines is 1. The van der Waals surface area contributed by atoms with Crippen LogP contribution >= 0.6 is 11.3 Å². The summed E-state index contributed by atoms with van der Waals surface area (Å²) in [6.45, 7) is 4.24. The van der Waals surface area contributed by atoms with E-state index in [0.29, 0.717) is 17.6 Å². The third-order valence-corrected chi connectivity index (χ3v) is 3.97. The van der Waals surface area contributed by atoms with Gasteiger partial charge in [-0.1, -0.05) is 0 Å². The van der Waals surface area contributed by atoms with E-state index in [1.807, 2.05) is 12.3 Å². The Hall–Kier alpha value is -0.980. The molecule has 1 aromatic heterocycles. The maximum Gasteiger partial charge on any atom is 0.240 e. The van der Waals surface area contributed by atoms with Crippen molar-refractivity contribution in [3.63, 3.8) is 0 Å². The SMILES string of the molecule is Cc1csc(NC(=O)CN2CCCC(CO)C2)n1. The van der Waals surface area contributed by atoms with Crippen LogP contribution in [0.15, 0.2) is 5.38 Å². The summed E-state index contributed by atoms with van der Waals surface area (Å²) in [7, 11) is 0. The number of thiazole rings is 1. The molecule has 18 heavy (non-hydrogen) atoms. The molecule has 1 aliphatic heterocycles. The van der Waals surface area contributed by atoms with Gasteiger partial charge in [-0.15, -0.1) is 11.3 Å². The van der Waals surface area contributed by atoms with E-state index in [2.05, 4.69) is 15.2 Å². The van der Waals surface area contributed by atoms with Gasteiger partial charge in [0, 0.05) is 18.5 Å². The number of aliphatic hydroxyl groups excluding tert-OH is 1. The average Bonchev–Trinajstić information content (AvgIpc) is 2.74. The number of nitrogens with one attached hydrogen (secondary N) is 1. The number of amides is 1. The Morgan fingerprint density at radius 2 is 2.56 bits per heavy atom. The fourth-order valence-corrected chi connectivity index (χ4v) is 2.92. The number of hydrogen-bond acceptors (Lipinski definition) is 5. The second kappa shape index (κ2) is 6.26. The maximum atomic E-state index is 11.8. The number of nitrogens with zero attached hydrogens (tertiary/aromatic N) is 2. The first kappa shape index (κ1) is 13.5. The minimum atomic E-state index is -0.0251. The first-order chi connectivity index (χ1) is 8.67. The zero-order chi connectivity index (χ0) is 13.0. The quantitative estimate of drug-likeness (QED) is 0.859. The monoisotopic (exact) mass is 269 g/mol. The molecule has 1 saturated heterocycles. The van der Waals surface area contributed by atoms with Gasteiger partial charge in [0.1, 0.15) is 0 Å². The molecule has 2 rings (SSSR count). The molecule has 0 spiro atoms. The minimum absolute atomic E-state index is 0.0251. The van der Waals surface area contributed by atoms with Crippen molar-refractivity contribution in [3.05, 3.63) is 11.1 Å². The van der Waals surface area contributed by atoms with Crippen LogP contribution in [0.1, 0.15) is 18.5 Å². The van der Waals surface area contributed by atoms with Gasteiger partial charge in [-0.25, -0.2) is 4.98 Å². The van der Waals surface area contributed by atoms with Crippen LogP contribution in [0.5, 0.6) is 0 Å². The van der Waals surface area contributed by atoms with Gasteiger partial charge in [-0.3, -0.25) is 9.69 Å². The van der Waals surface area contributed by atoms with E-state index in [4.69, 9.17) is 5.11 Å². The molecule has 100 valence electrons. The number of aliphatic hydroxyl groups is 1. The van der Waals surface area contributed by atoms with Gasteiger partial charge in [0.15, 0.2) is 5.13 Å². The highest BCUT2D eigenvalue weighted by Crippen LogP contribution is 2.17. The molecule has 1 amide bonds. The van der Waals surface area contributed by atoms with Crippen molar-refractivity contribution in [1.82, 2.24) is 9.88 Å². The summed E-state index contributed by atoms with van der Waals surface area (Å²) in [6.07, 6.45) is 2.11. The van der Waals surface area contributed by atoms with Crippen molar-refractivity contribution < 1.29 is 9.90 Å². The number of likely N-dealkylation sites (tertiary alicyclic amines) is 1. The molecule has 2 heterocycles. The molecule has 6 heteroatoms. The lowest BCUT2D eigenvalue weighted by molar-refractivity contribution is -0.117. The van der Waals surface area contributed by atoms with Crippen molar-refractivity contribution in [2.75, 3.05) is 31.6 Å².